The second-order valence-corrected chi connectivity index (χ2v) is 10.7. The lowest BCUT2D eigenvalue weighted by Crippen LogP contribution is -2.33. The van der Waals surface area contributed by atoms with Crippen molar-refractivity contribution in [3.63, 3.8) is 0 Å². The minimum Gasteiger partial charge on any atom is -0.478 e. The van der Waals surface area contributed by atoms with Crippen LogP contribution in [0.25, 0.3) is 27.7 Å². The number of ketones is 1. The Bertz CT molecular complexity index is 1610. The van der Waals surface area contributed by atoms with E-state index in [2.05, 4.69) is 43.4 Å². The van der Waals surface area contributed by atoms with E-state index in [1.165, 1.54) is 6.07 Å². The van der Waals surface area contributed by atoms with Crippen LogP contribution in [-0.2, 0) is 4.79 Å². The molecule has 1 aliphatic carbocycles. The molecule has 36 heavy (non-hydrogen) atoms. The van der Waals surface area contributed by atoms with Crippen LogP contribution in [0.4, 0.5) is 5.69 Å². The van der Waals surface area contributed by atoms with Gasteiger partial charge in [0.1, 0.15) is 17.6 Å². The van der Waals surface area contributed by atoms with E-state index >= 15 is 0 Å². The number of nitrogens with one attached hydrogen (secondary N) is 1. The molecule has 180 valence electrons. The van der Waals surface area contributed by atoms with Crippen LogP contribution in [0.15, 0.2) is 76.7 Å². The first-order chi connectivity index (χ1) is 17.2. The smallest absolute Gasteiger partial charge is 0.337 e. The molecule has 6 rings (SSSR count). The van der Waals surface area contributed by atoms with E-state index in [1.807, 2.05) is 24.3 Å². The number of rotatable bonds is 3. The van der Waals surface area contributed by atoms with Gasteiger partial charge < -0.3 is 14.8 Å². The van der Waals surface area contributed by atoms with Crippen LogP contribution in [0, 0.1) is 5.41 Å². The first-order valence-corrected chi connectivity index (χ1v) is 12.3. The Morgan fingerprint density at radius 1 is 1.06 bits per heavy atom. The van der Waals surface area contributed by atoms with Gasteiger partial charge in [0.2, 0.25) is 0 Å². The van der Waals surface area contributed by atoms with Crippen molar-refractivity contribution in [2.24, 2.45) is 5.41 Å². The number of carboxylic acids is 1. The number of allylic oxidation sites excluding steroid dienone is 1. The van der Waals surface area contributed by atoms with Gasteiger partial charge in [-0.05, 0) is 58.5 Å². The van der Waals surface area contributed by atoms with Crippen molar-refractivity contribution in [3.8, 4) is 11.3 Å². The van der Waals surface area contributed by atoms with E-state index in [-0.39, 0.29) is 21.8 Å². The van der Waals surface area contributed by atoms with Crippen LogP contribution in [0.2, 0.25) is 5.02 Å². The first kappa shape index (κ1) is 22.6. The number of anilines is 1. The van der Waals surface area contributed by atoms with Gasteiger partial charge in [-0.3, -0.25) is 4.79 Å². The van der Waals surface area contributed by atoms with Gasteiger partial charge in [0, 0.05) is 28.8 Å². The molecule has 0 bridgehead atoms. The van der Waals surface area contributed by atoms with Crippen LogP contribution in [0.1, 0.15) is 54.4 Å². The van der Waals surface area contributed by atoms with Crippen molar-refractivity contribution in [1.29, 1.82) is 0 Å². The lowest BCUT2D eigenvalue weighted by Gasteiger charge is -2.39. The third-order valence-electron chi connectivity index (χ3n) is 7.13. The molecule has 2 N–H and O–H groups in total. The highest BCUT2D eigenvalue weighted by Crippen LogP contribution is 2.52. The lowest BCUT2D eigenvalue weighted by atomic mass is 9.68. The summed E-state index contributed by atoms with van der Waals surface area (Å²) < 4.78 is 6.26. The van der Waals surface area contributed by atoms with E-state index in [0.717, 1.165) is 39.6 Å². The summed E-state index contributed by atoms with van der Waals surface area (Å²) in [5.41, 5.74) is 4.50. The van der Waals surface area contributed by atoms with Crippen LogP contribution in [0.5, 0.6) is 0 Å². The molecular weight excluding hydrogens is 474 g/mol. The minimum absolute atomic E-state index is 0.0372. The number of Topliss-reactive ketones (excluding diaryl/α,β-unsaturated/α-hetero) is 1. The standard InChI is InChI=1S/C30H24ClNO4/c1-30(2)14-20-26-18-6-4-3-5-16(18)8-10-22(26)32-28(27(20)23(33)15-30)25-12-11-24(36-25)17-7-9-19(29(34)35)21(31)13-17/h3-13,28,32H,14-15H2,1-2H3,(H,34,35)/t28-/m1/s1. The SMILES string of the molecule is CC1(C)CC(=O)C2=C(C1)c1c(ccc3ccccc13)N[C@@H]2c1ccc(-c2ccc(C(=O)O)c(Cl)c2)o1. The fraction of sp³-hybridized carbons (Fsp3) is 0.200. The molecule has 1 aliphatic heterocycles. The molecule has 0 amide bonds. The molecule has 0 unspecified atom stereocenters. The normalized spacial score (nSPS) is 18.5. The number of carbonyl (C=O) groups excluding carboxylic acids is 1. The minimum atomic E-state index is -1.08. The molecule has 0 saturated carbocycles. The van der Waals surface area contributed by atoms with E-state index in [1.54, 1.807) is 12.1 Å². The molecule has 0 saturated heterocycles. The summed E-state index contributed by atoms with van der Waals surface area (Å²) in [6.07, 6.45) is 1.27. The largest absolute Gasteiger partial charge is 0.478 e. The molecule has 3 aromatic carbocycles. The van der Waals surface area contributed by atoms with Crippen molar-refractivity contribution in [3.05, 3.63) is 94.2 Å². The number of fused-ring (bicyclic) bond motifs is 4. The fourth-order valence-electron chi connectivity index (χ4n) is 5.56. The van der Waals surface area contributed by atoms with Gasteiger partial charge in [-0.25, -0.2) is 4.79 Å². The number of carbonyl (C=O) groups is 2. The van der Waals surface area contributed by atoms with Gasteiger partial charge in [0.15, 0.2) is 5.78 Å². The van der Waals surface area contributed by atoms with Crippen molar-refractivity contribution < 1.29 is 19.1 Å². The van der Waals surface area contributed by atoms with Crippen molar-refractivity contribution in [2.45, 2.75) is 32.7 Å². The summed E-state index contributed by atoms with van der Waals surface area (Å²) in [7, 11) is 0. The van der Waals surface area contributed by atoms with Crippen LogP contribution < -0.4 is 5.32 Å². The number of benzene rings is 3. The molecule has 2 heterocycles. The Morgan fingerprint density at radius 3 is 2.64 bits per heavy atom. The first-order valence-electron chi connectivity index (χ1n) is 11.9. The maximum atomic E-state index is 13.6. The molecule has 0 spiro atoms. The summed E-state index contributed by atoms with van der Waals surface area (Å²) in [5.74, 6) is 0.232. The zero-order valence-electron chi connectivity index (χ0n) is 19.9. The highest BCUT2D eigenvalue weighted by molar-refractivity contribution is 6.33. The van der Waals surface area contributed by atoms with Gasteiger partial charge >= 0.3 is 5.97 Å². The number of hydrogen-bond donors (Lipinski definition) is 2. The monoisotopic (exact) mass is 497 g/mol. The number of halogens is 1. The Balaban J connectivity index is 1.48. The summed E-state index contributed by atoms with van der Waals surface area (Å²) in [5, 5.41) is 15.3. The number of hydrogen-bond acceptors (Lipinski definition) is 4. The summed E-state index contributed by atoms with van der Waals surface area (Å²) in [6, 6.07) is 20.5. The van der Waals surface area contributed by atoms with Gasteiger partial charge in [-0.15, -0.1) is 0 Å². The maximum absolute atomic E-state index is 13.6. The fourth-order valence-corrected chi connectivity index (χ4v) is 5.82. The van der Waals surface area contributed by atoms with E-state index in [0.29, 0.717) is 23.5 Å². The summed E-state index contributed by atoms with van der Waals surface area (Å²) in [6.45, 7) is 4.29. The number of furan rings is 1. The topological polar surface area (TPSA) is 79.5 Å². The number of aromatic carboxylic acids is 1. The Morgan fingerprint density at radius 2 is 1.86 bits per heavy atom. The van der Waals surface area contributed by atoms with E-state index in [4.69, 9.17) is 16.0 Å². The molecule has 1 atom stereocenters. The molecule has 2 aliphatic rings. The second-order valence-electron chi connectivity index (χ2n) is 10.3. The molecule has 4 aromatic rings. The maximum Gasteiger partial charge on any atom is 0.337 e. The zero-order chi connectivity index (χ0) is 25.2. The molecule has 0 radical (unpaired) electrons. The average Bonchev–Trinajstić information content (AvgIpc) is 3.32. The second kappa shape index (κ2) is 8.10. The van der Waals surface area contributed by atoms with Crippen LogP contribution in [0.3, 0.4) is 0 Å². The molecule has 5 nitrogen and oxygen atoms in total. The third kappa shape index (κ3) is 3.62. The lowest BCUT2D eigenvalue weighted by molar-refractivity contribution is -0.118. The summed E-state index contributed by atoms with van der Waals surface area (Å²) in [4.78, 5) is 24.9. The quantitative estimate of drug-likeness (QED) is 0.302. The predicted molar refractivity (Wildman–Crippen MR) is 141 cm³/mol. The molecule has 6 heteroatoms. The Kier molecular flexibility index (Phi) is 5.09. The van der Waals surface area contributed by atoms with E-state index in [9.17, 15) is 14.7 Å². The van der Waals surface area contributed by atoms with Gasteiger partial charge in [-0.1, -0.05) is 61.8 Å². The van der Waals surface area contributed by atoms with Crippen molar-refractivity contribution in [2.75, 3.05) is 5.32 Å². The average molecular weight is 498 g/mol. The summed E-state index contributed by atoms with van der Waals surface area (Å²) >= 11 is 6.18. The number of carboxylic acid groups (broad SMARTS) is 1. The van der Waals surface area contributed by atoms with Crippen LogP contribution in [-0.4, -0.2) is 16.9 Å². The molecule has 0 fully saturated rings. The molecule has 1 aromatic heterocycles. The van der Waals surface area contributed by atoms with Gasteiger partial charge in [0.05, 0.1) is 10.6 Å². The zero-order valence-corrected chi connectivity index (χ0v) is 20.6. The highest BCUT2D eigenvalue weighted by Gasteiger charge is 2.41. The predicted octanol–water partition coefficient (Wildman–Crippen LogP) is 7.76. The molecular formula is C30H24ClNO4. The third-order valence-corrected chi connectivity index (χ3v) is 7.45. The van der Waals surface area contributed by atoms with Gasteiger partial charge in [0.25, 0.3) is 0 Å². The van der Waals surface area contributed by atoms with Crippen LogP contribution >= 0.6 is 11.6 Å². The van der Waals surface area contributed by atoms with E-state index < -0.39 is 12.0 Å². The Hall–Kier alpha value is -3.83. The van der Waals surface area contributed by atoms with Crippen molar-refractivity contribution in [1.82, 2.24) is 0 Å². The Labute approximate surface area is 213 Å². The van der Waals surface area contributed by atoms with Gasteiger partial charge in [-0.2, -0.15) is 0 Å². The van der Waals surface area contributed by atoms with Crippen molar-refractivity contribution >= 4 is 45.4 Å². The highest BCUT2D eigenvalue weighted by atomic mass is 35.5.